The van der Waals surface area contributed by atoms with Crippen LogP contribution in [0.5, 0.6) is 5.75 Å². The molecule has 0 spiro atoms. The molecule has 0 saturated heterocycles. The summed E-state index contributed by atoms with van der Waals surface area (Å²) < 4.78 is 29.9. The predicted octanol–water partition coefficient (Wildman–Crippen LogP) is 3.01. The zero-order valence-electron chi connectivity index (χ0n) is 15.4. The average Bonchev–Trinajstić information content (AvgIpc) is 2.60. The minimum Gasteiger partial charge on any atom is -0.494 e. The van der Waals surface area contributed by atoms with Crippen molar-refractivity contribution in [3.05, 3.63) is 59.7 Å². The highest BCUT2D eigenvalue weighted by atomic mass is 32.2. The first-order valence-electron chi connectivity index (χ1n) is 8.29. The summed E-state index contributed by atoms with van der Waals surface area (Å²) in [6.07, 6.45) is 0. The largest absolute Gasteiger partial charge is 0.494 e. The number of hydrogen-bond donors (Lipinski definition) is 2. The van der Waals surface area contributed by atoms with Gasteiger partial charge in [-0.1, -0.05) is 32.9 Å². The van der Waals surface area contributed by atoms with Crippen molar-refractivity contribution in [1.29, 1.82) is 0 Å². The monoisotopic (exact) mass is 376 g/mol. The summed E-state index contributed by atoms with van der Waals surface area (Å²) in [5.74, 6) is 0.0894. The number of benzene rings is 2. The highest BCUT2D eigenvalue weighted by Crippen LogP contribution is 2.23. The van der Waals surface area contributed by atoms with Gasteiger partial charge in [-0.3, -0.25) is 10.2 Å². The lowest BCUT2D eigenvalue weighted by molar-refractivity contribution is 0.0945. The van der Waals surface area contributed by atoms with E-state index in [1.807, 2.05) is 27.7 Å². The number of hydrogen-bond acceptors (Lipinski definition) is 4. The predicted molar refractivity (Wildman–Crippen MR) is 101 cm³/mol. The Balaban J connectivity index is 2.04. The Kier molecular flexibility index (Phi) is 6.05. The van der Waals surface area contributed by atoms with Crippen LogP contribution in [0.15, 0.2) is 53.4 Å². The molecule has 0 radical (unpaired) electrons. The smallest absolute Gasteiger partial charge is 0.266 e. The van der Waals surface area contributed by atoms with Crippen LogP contribution in [0.25, 0.3) is 0 Å². The van der Waals surface area contributed by atoms with Gasteiger partial charge in [-0.25, -0.2) is 8.42 Å². The van der Waals surface area contributed by atoms with Gasteiger partial charge in [0, 0.05) is 5.56 Å². The van der Waals surface area contributed by atoms with Crippen LogP contribution in [-0.2, 0) is 15.4 Å². The van der Waals surface area contributed by atoms with Crippen LogP contribution in [0.1, 0.15) is 43.6 Å². The molecule has 2 aromatic rings. The zero-order valence-corrected chi connectivity index (χ0v) is 16.2. The van der Waals surface area contributed by atoms with E-state index in [0.717, 1.165) is 5.56 Å². The van der Waals surface area contributed by atoms with Gasteiger partial charge in [-0.15, -0.1) is 4.83 Å². The molecule has 0 aliphatic rings. The first-order chi connectivity index (χ1) is 12.1. The maximum absolute atomic E-state index is 12.3. The molecule has 140 valence electrons. The standard InChI is InChI=1S/C19H24N2O4S/c1-5-25-16-10-6-14(7-11-16)18(22)20-21-26(23,24)17-12-8-15(9-13-17)19(2,3)4/h6-13,21H,5H2,1-4H3,(H,20,22). The highest BCUT2D eigenvalue weighted by molar-refractivity contribution is 7.89. The lowest BCUT2D eigenvalue weighted by atomic mass is 9.87. The number of hydrazine groups is 1. The Bertz CT molecular complexity index is 852. The average molecular weight is 376 g/mol. The Morgan fingerprint density at radius 3 is 2.08 bits per heavy atom. The van der Waals surface area contributed by atoms with Gasteiger partial charge >= 0.3 is 0 Å². The number of ether oxygens (including phenoxy) is 1. The van der Waals surface area contributed by atoms with Crippen molar-refractivity contribution in [2.24, 2.45) is 0 Å². The fourth-order valence-electron chi connectivity index (χ4n) is 2.25. The quantitative estimate of drug-likeness (QED) is 0.759. The molecule has 2 N–H and O–H groups in total. The number of rotatable bonds is 6. The summed E-state index contributed by atoms with van der Waals surface area (Å²) >= 11 is 0. The molecule has 0 saturated carbocycles. The van der Waals surface area contributed by atoms with E-state index in [1.54, 1.807) is 36.4 Å². The third-order valence-corrected chi connectivity index (χ3v) is 5.02. The number of amides is 1. The summed E-state index contributed by atoms with van der Waals surface area (Å²) in [5.41, 5.74) is 3.49. The van der Waals surface area contributed by atoms with E-state index in [4.69, 9.17) is 4.74 Å². The molecule has 2 rings (SSSR count). The van der Waals surface area contributed by atoms with E-state index in [1.165, 1.54) is 12.1 Å². The van der Waals surface area contributed by atoms with Crippen molar-refractivity contribution >= 4 is 15.9 Å². The van der Waals surface area contributed by atoms with Crippen LogP contribution >= 0.6 is 0 Å². The van der Waals surface area contributed by atoms with Gasteiger partial charge in [-0.2, -0.15) is 0 Å². The maximum atomic E-state index is 12.3. The first kappa shape index (κ1) is 19.9. The van der Waals surface area contributed by atoms with Gasteiger partial charge in [0.15, 0.2) is 0 Å². The molecule has 6 nitrogen and oxygen atoms in total. The second kappa shape index (κ2) is 7.88. The van der Waals surface area contributed by atoms with Crippen LogP contribution in [0.4, 0.5) is 0 Å². The van der Waals surface area contributed by atoms with Gasteiger partial charge in [0.25, 0.3) is 15.9 Å². The summed E-state index contributed by atoms with van der Waals surface area (Å²) in [6, 6.07) is 13.0. The van der Waals surface area contributed by atoms with Crippen LogP contribution in [0.2, 0.25) is 0 Å². The summed E-state index contributed by atoms with van der Waals surface area (Å²) in [4.78, 5) is 14.3. The fraction of sp³-hybridized carbons (Fsp3) is 0.316. The summed E-state index contributed by atoms with van der Waals surface area (Å²) in [6.45, 7) is 8.53. The Morgan fingerprint density at radius 1 is 1.00 bits per heavy atom. The van der Waals surface area contributed by atoms with Crippen molar-refractivity contribution in [2.45, 2.75) is 38.0 Å². The maximum Gasteiger partial charge on any atom is 0.266 e. The highest BCUT2D eigenvalue weighted by Gasteiger charge is 2.18. The summed E-state index contributed by atoms with van der Waals surface area (Å²) in [5, 5.41) is 0. The van der Waals surface area contributed by atoms with Crippen molar-refractivity contribution < 1.29 is 17.9 Å². The van der Waals surface area contributed by atoms with Crippen molar-refractivity contribution in [3.63, 3.8) is 0 Å². The Morgan fingerprint density at radius 2 is 1.58 bits per heavy atom. The Hall–Kier alpha value is -2.38. The molecule has 0 atom stereocenters. The second-order valence-electron chi connectivity index (χ2n) is 6.79. The Labute approximate surface area is 154 Å². The molecular weight excluding hydrogens is 352 g/mol. The topological polar surface area (TPSA) is 84.5 Å². The second-order valence-corrected chi connectivity index (χ2v) is 8.47. The third-order valence-electron chi connectivity index (χ3n) is 3.76. The molecular formula is C19H24N2O4S. The van der Waals surface area contributed by atoms with E-state index in [-0.39, 0.29) is 10.3 Å². The van der Waals surface area contributed by atoms with Crippen LogP contribution < -0.4 is 15.0 Å². The van der Waals surface area contributed by atoms with Crippen LogP contribution in [0.3, 0.4) is 0 Å². The van der Waals surface area contributed by atoms with Crippen molar-refractivity contribution in [2.75, 3.05) is 6.61 Å². The van der Waals surface area contributed by atoms with E-state index in [9.17, 15) is 13.2 Å². The fourth-order valence-corrected chi connectivity index (χ4v) is 3.09. The molecule has 0 aromatic heterocycles. The van der Waals surface area contributed by atoms with Crippen molar-refractivity contribution in [1.82, 2.24) is 10.3 Å². The first-order valence-corrected chi connectivity index (χ1v) is 9.77. The molecule has 0 bridgehead atoms. The minimum absolute atomic E-state index is 0.0718. The molecule has 0 heterocycles. The van der Waals surface area contributed by atoms with Gasteiger partial charge in [-0.05, 0) is 54.3 Å². The molecule has 0 unspecified atom stereocenters. The molecule has 0 aliphatic heterocycles. The zero-order chi connectivity index (χ0) is 19.4. The third kappa shape index (κ3) is 5.06. The van der Waals surface area contributed by atoms with Gasteiger partial charge < -0.3 is 4.74 Å². The lowest BCUT2D eigenvalue weighted by Crippen LogP contribution is -2.41. The molecule has 26 heavy (non-hydrogen) atoms. The van der Waals surface area contributed by atoms with Crippen molar-refractivity contribution in [3.8, 4) is 5.75 Å². The van der Waals surface area contributed by atoms with E-state index < -0.39 is 15.9 Å². The number of carbonyl (C=O) groups is 1. The molecule has 1 amide bonds. The van der Waals surface area contributed by atoms with E-state index in [0.29, 0.717) is 17.9 Å². The van der Waals surface area contributed by atoms with E-state index >= 15 is 0 Å². The number of carbonyl (C=O) groups excluding carboxylic acids is 1. The van der Waals surface area contributed by atoms with Crippen LogP contribution in [-0.4, -0.2) is 20.9 Å². The van der Waals surface area contributed by atoms with Crippen LogP contribution in [0, 0.1) is 0 Å². The molecule has 7 heteroatoms. The van der Waals surface area contributed by atoms with Gasteiger partial charge in [0.05, 0.1) is 11.5 Å². The number of nitrogens with one attached hydrogen (secondary N) is 2. The SMILES string of the molecule is CCOc1ccc(C(=O)NNS(=O)(=O)c2ccc(C(C)(C)C)cc2)cc1. The lowest BCUT2D eigenvalue weighted by Gasteiger charge is -2.19. The van der Waals surface area contributed by atoms with Gasteiger partial charge in [0.1, 0.15) is 5.75 Å². The van der Waals surface area contributed by atoms with Gasteiger partial charge in [0.2, 0.25) is 0 Å². The number of sulfonamides is 1. The molecule has 2 aromatic carbocycles. The molecule has 0 fully saturated rings. The van der Waals surface area contributed by atoms with E-state index in [2.05, 4.69) is 10.3 Å². The minimum atomic E-state index is -3.85. The normalized spacial score (nSPS) is 11.8. The summed E-state index contributed by atoms with van der Waals surface area (Å²) in [7, 11) is -3.85. The molecule has 0 aliphatic carbocycles.